The van der Waals surface area contributed by atoms with Gasteiger partial charge in [0.15, 0.2) is 0 Å². The largest absolute Gasteiger partial charge is 0.329 e. The van der Waals surface area contributed by atoms with Crippen LogP contribution in [0, 0.1) is 6.92 Å². The smallest absolute Gasteiger partial charge is 0.295 e. The van der Waals surface area contributed by atoms with Gasteiger partial charge in [-0.1, -0.05) is 6.07 Å². The summed E-state index contributed by atoms with van der Waals surface area (Å²) in [4.78, 5) is 35.6. The number of imidazole rings is 1. The Labute approximate surface area is 116 Å². The number of carbonyl (C=O) groups is 2. The molecule has 1 aromatic carbocycles. The van der Waals surface area contributed by atoms with E-state index in [1.165, 1.54) is 9.13 Å². The minimum absolute atomic E-state index is 0. The summed E-state index contributed by atoms with van der Waals surface area (Å²) in [6.07, 6.45) is 0.614. The fourth-order valence-electron chi connectivity index (χ4n) is 2.70. The SMILES string of the molecule is Cc1ccc2c(c1)n(C)c(=O)n2C1CCC(=O)NC1=O.[HH]. The molecule has 2 heterocycles. The number of hydrogen-bond donors (Lipinski definition) is 1. The molecule has 1 N–H and O–H groups in total. The Morgan fingerprint density at radius 3 is 2.70 bits per heavy atom. The quantitative estimate of drug-likeness (QED) is 0.785. The number of nitrogens with zero attached hydrogens (tertiary/aromatic N) is 2. The zero-order chi connectivity index (χ0) is 14.4. The molecule has 1 aliphatic rings. The molecular formula is C14H17N3O3. The number of carbonyl (C=O) groups excluding carboxylic acids is 2. The number of imide groups is 1. The van der Waals surface area contributed by atoms with E-state index in [2.05, 4.69) is 5.32 Å². The van der Waals surface area contributed by atoms with Crippen LogP contribution in [0.4, 0.5) is 0 Å². The standard InChI is InChI=1S/C14H15N3O3.H2/c1-8-3-4-9-11(7-8)16(2)14(20)17(9)10-5-6-12(18)15-13(10)19;/h3-4,7,10H,5-6H2,1-2H3,(H,15,18,19);1H. The third kappa shape index (κ3) is 1.76. The van der Waals surface area contributed by atoms with Gasteiger partial charge in [-0.25, -0.2) is 4.79 Å². The first-order valence-corrected chi connectivity index (χ1v) is 6.50. The number of hydrogen-bond acceptors (Lipinski definition) is 3. The second kappa shape index (κ2) is 4.33. The summed E-state index contributed by atoms with van der Waals surface area (Å²) in [5.74, 6) is -0.688. The van der Waals surface area contributed by atoms with E-state index in [-0.39, 0.29) is 19.4 Å². The van der Waals surface area contributed by atoms with Crippen molar-refractivity contribution in [3.63, 3.8) is 0 Å². The molecule has 2 amide bonds. The van der Waals surface area contributed by atoms with E-state index in [9.17, 15) is 14.4 Å². The first kappa shape index (κ1) is 12.7. The second-order valence-corrected chi connectivity index (χ2v) is 5.17. The Kier molecular flexibility index (Phi) is 2.74. The molecule has 0 bridgehead atoms. The van der Waals surface area contributed by atoms with Gasteiger partial charge in [0, 0.05) is 14.9 Å². The van der Waals surface area contributed by atoms with Gasteiger partial charge in [0.25, 0.3) is 0 Å². The average molecular weight is 275 g/mol. The van der Waals surface area contributed by atoms with Crippen LogP contribution in [0.1, 0.15) is 25.9 Å². The summed E-state index contributed by atoms with van der Waals surface area (Å²) in [7, 11) is 1.69. The van der Waals surface area contributed by atoms with E-state index in [4.69, 9.17) is 0 Å². The molecule has 106 valence electrons. The highest BCUT2D eigenvalue weighted by atomic mass is 16.2. The maximum atomic E-state index is 12.4. The number of benzene rings is 1. The maximum Gasteiger partial charge on any atom is 0.329 e. The van der Waals surface area contributed by atoms with Crippen LogP contribution >= 0.6 is 0 Å². The number of fused-ring (bicyclic) bond motifs is 1. The van der Waals surface area contributed by atoms with Crippen molar-refractivity contribution in [2.45, 2.75) is 25.8 Å². The van der Waals surface area contributed by atoms with Gasteiger partial charge in [-0.2, -0.15) is 0 Å². The molecule has 1 saturated heterocycles. The molecule has 6 nitrogen and oxygen atoms in total. The molecule has 0 radical (unpaired) electrons. The number of aromatic nitrogens is 2. The molecule has 0 saturated carbocycles. The predicted octanol–water partition coefficient (Wildman–Crippen LogP) is 0.872. The van der Waals surface area contributed by atoms with Crippen molar-refractivity contribution in [2.75, 3.05) is 0 Å². The Hall–Kier alpha value is -2.37. The molecule has 0 aliphatic carbocycles. The number of rotatable bonds is 1. The van der Waals surface area contributed by atoms with Gasteiger partial charge >= 0.3 is 5.69 Å². The van der Waals surface area contributed by atoms with Gasteiger partial charge in [0.05, 0.1) is 11.0 Å². The molecule has 3 rings (SSSR count). The first-order chi connectivity index (χ1) is 9.49. The van der Waals surface area contributed by atoms with Crippen LogP contribution in [0.25, 0.3) is 11.0 Å². The van der Waals surface area contributed by atoms with Crippen LogP contribution in [0.5, 0.6) is 0 Å². The molecule has 20 heavy (non-hydrogen) atoms. The molecule has 2 aromatic rings. The number of amides is 2. The van der Waals surface area contributed by atoms with Crippen molar-refractivity contribution in [3.05, 3.63) is 34.2 Å². The lowest BCUT2D eigenvalue weighted by Gasteiger charge is -2.21. The van der Waals surface area contributed by atoms with E-state index in [1.54, 1.807) is 7.05 Å². The Balaban J connectivity index is 0.00000161. The van der Waals surface area contributed by atoms with Crippen molar-refractivity contribution in [1.82, 2.24) is 14.5 Å². The normalized spacial score (nSPS) is 19.4. The number of piperidine rings is 1. The third-order valence-electron chi connectivity index (χ3n) is 3.77. The molecule has 1 unspecified atom stereocenters. The molecule has 1 atom stereocenters. The van der Waals surface area contributed by atoms with Crippen LogP contribution < -0.4 is 11.0 Å². The second-order valence-electron chi connectivity index (χ2n) is 5.17. The lowest BCUT2D eigenvalue weighted by molar-refractivity contribution is -0.135. The van der Waals surface area contributed by atoms with Gasteiger partial charge in [-0.05, 0) is 31.0 Å². The van der Waals surface area contributed by atoms with Crippen LogP contribution in [-0.4, -0.2) is 20.9 Å². The van der Waals surface area contributed by atoms with Crippen LogP contribution in [0.15, 0.2) is 23.0 Å². The topological polar surface area (TPSA) is 73.1 Å². The molecule has 0 spiro atoms. The molecule has 1 aliphatic heterocycles. The minimum atomic E-state index is -0.619. The van der Waals surface area contributed by atoms with Crippen molar-refractivity contribution >= 4 is 22.8 Å². The Morgan fingerprint density at radius 2 is 2.00 bits per heavy atom. The van der Waals surface area contributed by atoms with Crippen molar-refractivity contribution in [2.24, 2.45) is 7.05 Å². The monoisotopic (exact) mass is 275 g/mol. The third-order valence-corrected chi connectivity index (χ3v) is 3.77. The van der Waals surface area contributed by atoms with Gasteiger partial charge in [0.1, 0.15) is 6.04 Å². The highest BCUT2D eigenvalue weighted by Crippen LogP contribution is 2.23. The fraction of sp³-hybridized carbons (Fsp3) is 0.357. The van der Waals surface area contributed by atoms with Crippen molar-refractivity contribution in [1.29, 1.82) is 0 Å². The van der Waals surface area contributed by atoms with Crippen molar-refractivity contribution < 1.29 is 11.0 Å². The summed E-state index contributed by atoms with van der Waals surface area (Å²) in [5.41, 5.74) is 2.32. The van der Waals surface area contributed by atoms with E-state index in [0.29, 0.717) is 6.42 Å². The molecule has 1 fully saturated rings. The van der Waals surface area contributed by atoms with E-state index in [0.717, 1.165) is 16.6 Å². The van der Waals surface area contributed by atoms with Gasteiger partial charge < -0.3 is 0 Å². The maximum absolute atomic E-state index is 12.4. The predicted molar refractivity (Wildman–Crippen MR) is 75.5 cm³/mol. The average Bonchev–Trinajstić information content (AvgIpc) is 2.63. The fourth-order valence-corrected chi connectivity index (χ4v) is 2.70. The van der Waals surface area contributed by atoms with E-state index in [1.807, 2.05) is 25.1 Å². The highest BCUT2D eigenvalue weighted by molar-refractivity contribution is 6.00. The summed E-state index contributed by atoms with van der Waals surface area (Å²) >= 11 is 0. The lowest BCUT2D eigenvalue weighted by Crippen LogP contribution is -2.44. The van der Waals surface area contributed by atoms with Crippen LogP contribution in [0.2, 0.25) is 0 Å². The van der Waals surface area contributed by atoms with Gasteiger partial charge in [-0.3, -0.25) is 24.0 Å². The van der Waals surface area contributed by atoms with Crippen molar-refractivity contribution in [3.8, 4) is 0 Å². The summed E-state index contributed by atoms with van der Waals surface area (Å²) < 4.78 is 3.02. The number of nitrogens with one attached hydrogen (secondary N) is 1. The van der Waals surface area contributed by atoms with Crippen LogP contribution in [-0.2, 0) is 16.6 Å². The van der Waals surface area contributed by atoms with Gasteiger partial charge in [0.2, 0.25) is 11.8 Å². The van der Waals surface area contributed by atoms with Gasteiger partial charge in [-0.15, -0.1) is 0 Å². The summed E-state index contributed by atoms with van der Waals surface area (Å²) in [5, 5.41) is 2.29. The summed E-state index contributed by atoms with van der Waals surface area (Å²) in [6.45, 7) is 1.95. The molecule has 1 aromatic heterocycles. The zero-order valence-electron chi connectivity index (χ0n) is 11.3. The zero-order valence-corrected chi connectivity index (χ0v) is 11.3. The first-order valence-electron chi connectivity index (χ1n) is 6.50. The molecule has 6 heteroatoms. The van der Waals surface area contributed by atoms with E-state index < -0.39 is 11.9 Å². The number of aryl methyl sites for hydroxylation is 2. The Morgan fingerprint density at radius 1 is 1.25 bits per heavy atom. The van der Waals surface area contributed by atoms with Crippen LogP contribution in [0.3, 0.4) is 0 Å². The Bertz CT molecular complexity index is 791. The van der Waals surface area contributed by atoms with E-state index >= 15 is 0 Å². The molecular weight excluding hydrogens is 258 g/mol. The highest BCUT2D eigenvalue weighted by Gasteiger charge is 2.31. The minimum Gasteiger partial charge on any atom is -0.295 e. The lowest BCUT2D eigenvalue weighted by atomic mass is 10.1. The summed E-state index contributed by atoms with van der Waals surface area (Å²) in [6, 6.07) is 5.05.